The van der Waals surface area contributed by atoms with Crippen molar-refractivity contribution in [2.45, 2.75) is 181 Å². The summed E-state index contributed by atoms with van der Waals surface area (Å²) in [6, 6.07) is 0. The van der Waals surface area contributed by atoms with E-state index in [4.69, 9.17) is 14.2 Å². The molecular formula is C43H72O6. The fourth-order valence-corrected chi connectivity index (χ4v) is 5.07. The van der Waals surface area contributed by atoms with Crippen LogP contribution in [0.4, 0.5) is 0 Å². The van der Waals surface area contributed by atoms with E-state index in [1.807, 2.05) is 6.08 Å². The van der Waals surface area contributed by atoms with Crippen molar-refractivity contribution in [1.82, 2.24) is 0 Å². The Morgan fingerprint density at radius 3 is 1.53 bits per heavy atom. The van der Waals surface area contributed by atoms with Gasteiger partial charge in [-0.15, -0.1) is 0 Å². The lowest BCUT2D eigenvalue weighted by atomic mass is 10.1. The SMILES string of the molecule is CC/C=C\C/C=C\C/C=C\CC(=O)OCC(COC(=O)CCCCC/C=C\C=C/CCCC)OC(=O)CCCCCCCCCCCCC. The van der Waals surface area contributed by atoms with Crippen LogP contribution in [0.5, 0.6) is 0 Å². The van der Waals surface area contributed by atoms with Crippen molar-refractivity contribution >= 4 is 17.9 Å². The van der Waals surface area contributed by atoms with E-state index in [1.54, 1.807) is 6.08 Å². The molecule has 0 radical (unpaired) electrons. The second-order valence-corrected chi connectivity index (χ2v) is 12.9. The van der Waals surface area contributed by atoms with Gasteiger partial charge in [0.1, 0.15) is 13.2 Å². The van der Waals surface area contributed by atoms with Gasteiger partial charge in [0.25, 0.3) is 0 Å². The molecule has 0 aromatic carbocycles. The maximum atomic E-state index is 12.6. The third-order valence-corrected chi connectivity index (χ3v) is 8.07. The molecule has 0 rings (SSSR count). The smallest absolute Gasteiger partial charge is 0.309 e. The molecule has 0 saturated heterocycles. The molecule has 0 aromatic heterocycles. The van der Waals surface area contributed by atoms with Crippen molar-refractivity contribution in [2.75, 3.05) is 13.2 Å². The number of carbonyl (C=O) groups is 3. The summed E-state index contributed by atoms with van der Waals surface area (Å²) in [5, 5.41) is 0. The maximum Gasteiger partial charge on any atom is 0.309 e. The van der Waals surface area contributed by atoms with Gasteiger partial charge in [-0.1, -0.05) is 165 Å². The second kappa shape index (κ2) is 37.9. The standard InChI is InChI=1S/C43H72O6/c1-4-7-10-13-16-19-21-24-27-30-33-36-42(45)48-39-40(38-47-41(44)35-32-29-26-23-18-15-12-9-6-3)49-43(46)37-34-31-28-25-22-20-17-14-11-8-5-2/h9,12-13,16,18-19,21,23,29,32,40H,4-8,10-11,14-15,17,20,22,24-28,30-31,33-39H2,1-3H3/b12-9-,16-13-,21-19-,23-18-,32-29-. The molecule has 0 N–H and O–H groups in total. The molecule has 49 heavy (non-hydrogen) atoms. The first-order valence-corrected chi connectivity index (χ1v) is 19.8. The highest BCUT2D eigenvalue weighted by Gasteiger charge is 2.19. The molecule has 0 saturated carbocycles. The molecule has 6 nitrogen and oxygen atoms in total. The van der Waals surface area contributed by atoms with Crippen molar-refractivity contribution in [3.05, 3.63) is 60.8 Å². The van der Waals surface area contributed by atoms with E-state index in [0.29, 0.717) is 12.8 Å². The highest BCUT2D eigenvalue weighted by Crippen LogP contribution is 2.13. The predicted octanol–water partition coefficient (Wildman–Crippen LogP) is 12.2. The molecule has 0 aliphatic carbocycles. The van der Waals surface area contributed by atoms with Gasteiger partial charge in [-0.2, -0.15) is 0 Å². The monoisotopic (exact) mass is 685 g/mol. The van der Waals surface area contributed by atoms with Crippen LogP contribution in [-0.4, -0.2) is 37.2 Å². The van der Waals surface area contributed by atoms with Crippen LogP contribution in [0.15, 0.2) is 60.8 Å². The second-order valence-electron chi connectivity index (χ2n) is 12.9. The molecule has 280 valence electrons. The van der Waals surface area contributed by atoms with Gasteiger partial charge in [0, 0.05) is 12.8 Å². The summed E-state index contributed by atoms with van der Waals surface area (Å²) in [7, 11) is 0. The van der Waals surface area contributed by atoms with Gasteiger partial charge >= 0.3 is 17.9 Å². The third-order valence-electron chi connectivity index (χ3n) is 8.07. The normalized spacial score (nSPS) is 12.6. The molecule has 0 aliphatic rings. The van der Waals surface area contributed by atoms with Gasteiger partial charge in [0.15, 0.2) is 6.10 Å². The van der Waals surface area contributed by atoms with Crippen molar-refractivity contribution < 1.29 is 28.6 Å². The van der Waals surface area contributed by atoms with Crippen LogP contribution in [-0.2, 0) is 28.6 Å². The fraction of sp³-hybridized carbons (Fsp3) is 0.698. The van der Waals surface area contributed by atoms with Crippen LogP contribution in [0, 0.1) is 0 Å². The molecule has 6 heteroatoms. The number of unbranched alkanes of at least 4 members (excludes halogenated alkanes) is 15. The van der Waals surface area contributed by atoms with Crippen LogP contribution in [0.1, 0.15) is 175 Å². The lowest BCUT2D eigenvalue weighted by Gasteiger charge is -2.18. The summed E-state index contributed by atoms with van der Waals surface area (Å²) in [6.07, 6.45) is 43.8. The molecule has 1 atom stereocenters. The molecule has 0 fully saturated rings. The molecule has 0 heterocycles. The van der Waals surface area contributed by atoms with Crippen LogP contribution >= 0.6 is 0 Å². The number of hydrogen-bond donors (Lipinski definition) is 0. The zero-order valence-corrected chi connectivity index (χ0v) is 31.7. The first-order valence-electron chi connectivity index (χ1n) is 19.8. The average molecular weight is 685 g/mol. The highest BCUT2D eigenvalue weighted by atomic mass is 16.6. The van der Waals surface area contributed by atoms with E-state index in [2.05, 4.69) is 69.4 Å². The number of esters is 3. The first-order chi connectivity index (χ1) is 24.0. The number of hydrogen-bond acceptors (Lipinski definition) is 6. The maximum absolute atomic E-state index is 12.6. The summed E-state index contributed by atoms with van der Waals surface area (Å²) in [6.45, 7) is 6.30. The Labute approximate surface area is 300 Å². The molecule has 0 amide bonds. The molecular weight excluding hydrogens is 612 g/mol. The molecule has 1 unspecified atom stereocenters. The lowest BCUT2D eigenvalue weighted by Crippen LogP contribution is -2.30. The molecule has 0 aliphatic heterocycles. The van der Waals surface area contributed by atoms with E-state index < -0.39 is 12.1 Å². The van der Waals surface area contributed by atoms with Crippen LogP contribution in [0.2, 0.25) is 0 Å². The summed E-state index contributed by atoms with van der Waals surface area (Å²) < 4.78 is 16.5. The van der Waals surface area contributed by atoms with Crippen molar-refractivity contribution in [1.29, 1.82) is 0 Å². The average Bonchev–Trinajstić information content (AvgIpc) is 3.10. The molecule has 0 aromatic rings. The predicted molar refractivity (Wildman–Crippen MR) is 205 cm³/mol. The largest absolute Gasteiger partial charge is 0.462 e. The minimum atomic E-state index is -0.813. The Morgan fingerprint density at radius 2 is 0.939 bits per heavy atom. The van der Waals surface area contributed by atoms with Gasteiger partial charge in [0.05, 0.1) is 6.42 Å². The fourth-order valence-electron chi connectivity index (χ4n) is 5.07. The van der Waals surface area contributed by atoms with Gasteiger partial charge < -0.3 is 14.2 Å². The van der Waals surface area contributed by atoms with Crippen molar-refractivity contribution in [3.8, 4) is 0 Å². The quantitative estimate of drug-likeness (QED) is 0.0221. The van der Waals surface area contributed by atoms with Crippen LogP contribution in [0.3, 0.4) is 0 Å². The van der Waals surface area contributed by atoms with E-state index in [0.717, 1.165) is 70.6 Å². The Morgan fingerprint density at radius 1 is 0.469 bits per heavy atom. The van der Waals surface area contributed by atoms with E-state index >= 15 is 0 Å². The van der Waals surface area contributed by atoms with Gasteiger partial charge in [-0.05, 0) is 51.4 Å². The summed E-state index contributed by atoms with van der Waals surface area (Å²) in [5.41, 5.74) is 0. The third kappa shape index (κ3) is 36.2. The van der Waals surface area contributed by atoms with Crippen LogP contribution in [0.25, 0.3) is 0 Å². The van der Waals surface area contributed by atoms with Crippen molar-refractivity contribution in [3.63, 3.8) is 0 Å². The van der Waals surface area contributed by atoms with Gasteiger partial charge in [-0.3, -0.25) is 14.4 Å². The summed E-state index contributed by atoms with van der Waals surface area (Å²) >= 11 is 0. The molecule has 0 spiro atoms. The van der Waals surface area contributed by atoms with E-state index in [-0.39, 0.29) is 31.6 Å². The summed E-state index contributed by atoms with van der Waals surface area (Å²) in [4.78, 5) is 37.3. The Hall–Kier alpha value is -2.89. The number of ether oxygens (including phenoxy) is 3. The Balaban J connectivity index is 4.51. The topological polar surface area (TPSA) is 78.9 Å². The van der Waals surface area contributed by atoms with Crippen molar-refractivity contribution in [2.24, 2.45) is 0 Å². The van der Waals surface area contributed by atoms with E-state index in [9.17, 15) is 14.4 Å². The number of allylic oxidation sites excluding steroid dienone is 9. The zero-order valence-electron chi connectivity index (χ0n) is 31.7. The van der Waals surface area contributed by atoms with Gasteiger partial charge in [-0.25, -0.2) is 0 Å². The highest BCUT2D eigenvalue weighted by molar-refractivity contribution is 5.72. The van der Waals surface area contributed by atoms with Crippen LogP contribution < -0.4 is 0 Å². The van der Waals surface area contributed by atoms with Gasteiger partial charge in [0.2, 0.25) is 0 Å². The number of carbonyl (C=O) groups excluding carboxylic acids is 3. The first kappa shape index (κ1) is 46.1. The summed E-state index contributed by atoms with van der Waals surface area (Å²) in [5.74, 6) is -1.08. The minimum absolute atomic E-state index is 0.115. The van der Waals surface area contributed by atoms with E-state index in [1.165, 1.54) is 64.2 Å². The zero-order chi connectivity index (χ0) is 35.9. The lowest BCUT2D eigenvalue weighted by molar-refractivity contribution is -0.166. The Kier molecular flexibility index (Phi) is 35.7. The Bertz CT molecular complexity index is 929. The minimum Gasteiger partial charge on any atom is -0.462 e. The number of rotatable bonds is 34. The molecule has 0 bridgehead atoms.